The summed E-state index contributed by atoms with van der Waals surface area (Å²) in [5, 5.41) is 0. The van der Waals surface area contributed by atoms with Gasteiger partial charge in [-0.05, 0) is 12.7 Å². The van der Waals surface area contributed by atoms with Crippen LogP contribution in [0.3, 0.4) is 0 Å². The Morgan fingerprint density at radius 2 is 2.27 bits per heavy atom. The predicted molar refractivity (Wildman–Crippen MR) is 44.3 cm³/mol. The SMILES string of the molecule is C=C(SCC)C(C)[P+](=O)[O-].[Na+]. The van der Waals surface area contributed by atoms with Crippen LogP contribution in [0.2, 0.25) is 0 Å². The van der Waals surface area contributed by atoms with E-state index in [4.69, 9.17) is 0 Å². The van der Waals surface area contributed by atoms with Gasteiger partial charge in [-0.1, -0.05) is 18.1 Å². The maximum atomic E-state index is 10.4. The molecule has 2 nitrogen and oxygen atoms in total. The Bertz CT molecular complexity index is 152. The normalized spacial score (nSPS) is 13.2. The molecule has 0 aromatic rings. The second-order valence-corrected chi connectivity index (χ2v) is 4.60. The molecule has 0 heterocycles. The van der Waals surface area contributed by atoms with Crippen LogP contribution in [0.1, 0.15) is 13.8 Å². The monoisotopic (exact) mass is 201 g/mol. The zero-order valence-electron chi connectivity index (χ0n) is 7.16. The molecule has 0 bridgehead atoms. The average molecular weight is 201 g/mol. The van der Waals surface area contributed by atoms with Crippen molar-refractivity contribution < 1.29 is 39.0 Å². The fourth-order valence-electron chi connectivity index (χ4n) is 0.424. The summed E-state index contributed by atoms with van der Waals surface area (Å²) < 4.78 is 10.4. The van der Waals surface area contributed by atoms with Crippen molar-refractivity contribution in [3.8, 4) is 0 Å². The first-order chi connectivity index (χ1) is 4.59. The fourth-order valence-corrected chi connectivity index (χ4v) is 1.75. The number of thioether (sulfide) groups is 1. The minimum absolute atomic E-state index is 0. The summed E-state index contributed by atoms with van der Waals surface area (Å²) in [5.74, 6) is 0.881. The summed E-state index contributed by atoms with van der Waals surface area (Å²) >= 11 is 1.49. The van der Waals surface area contributed by atoms with Crippen molar-refractivity contribution in [2.45, 2.75) is 19.5 Å². The number of hydrogen-bond acceptors (Lipinski definition) is 3. The van der Waals surface area contributed by atoms with Gasteiger partial charge in [0, 0.05) is 4.91 Å². The number of rotatable bonds is 4. The molecule has 5 heteroatoms. The van der Waals surface area contributed by atoms with Crippen LogP contribution in [0, 0.1) is 0 Å². The summed E-state index contributed by atoms with van der Waals surface area (Å²) in [4.78, 5) is 11.1. The van der Waals surface area contributed by atoms with Crippen LogP contribution in [-0.4, -0.2) is 11.4 Å². The van der Waals surface area contributed by atoms with Crippen molar-refractivity contribution in [2.24, 2.45) is 0 Å². The van der Waals surface area contributed by atoms with Gasteiger partial charge in [0.15, 0.2) is 5.66 Å². The predicted octanol–water partition coefficient (Wildman–Crippen LogP) is -1.25. The Morgan fingerprint density at radius 1 is 1.82 bits per heavy atom. The van der Waals surface area contributed by atoms with Crippen molar-refractivity contribution >= 4 is 19.8 Å². The van der Waals surface area contributed by atoms with E-state index < -0.39 is 8.03 Å². The Balaban J connectivity index is 0. The van der Waals surface area contributed by atoms with Crippen LogP contribution in [0.25, 0.3) is 0 Å². The zero-order valence-corrected chi connectivity index (χ0v) is 10.9. The summed E-state index contributed by atoms with van der Waals surface area (Å²) in [6.45, 7) is 7.27. The third-order valence-electron chi connectivity index (χ3n) is 1.11. The van der Waals surface area contributed by atoms with E-state index in [2.05, 4.69) is 6.58 Å². The molecule has 0 amide bonds. The van der Waals surface area contributed by atoms with E-state index >= 15 is 0 Å². The van der Waals surface area contributed by atoms with Crippen molar-refractivity contribution in [1.82, 2.24) is 0 Å². The molecule has 0 spiro atoms. The summed E-state index contributed by atoms with van der Waals surface area (Å²) in [5.41, 5.74) is -0.389. The first kappa shape index (κ1) is 14.7. The van der Waals surface area contributed by atoms with Gasteiger partial charge in [0.05, 0.1) is 0 Å². The molecule has 11 heavy (non-hydrogen) atoms. The van der Waals surface area contributed by atoms with Crippen LogP contribution < -0.4 is 34.5 Å². The zero-order chi connectivity index (χ0) is 8.15. The molecule has 0 aromatic carbocycles. The van der Waals surface area contributed by atoms with Gasteiger partial charge in [0.25, 0.3) is 0 Å². The van der Waals surface area contributed by atoms with Gasteiger partial charge in [-0.3, -0.25) is 0 Å². The van der Waals surface area contributed by atoms with Crippen molar-refractivity contribution in [3.63, 3.8) is 0 Å². The van der Waals surface area contributed by atoms with Crippen LogP contribution in [0.15, 0.2) is 11.5 Å². The van der Waals surface area contributed by atoms with E-state index in [1.54, 1.807) is 6.92 Å². The molecule has 2 unspecified atom stereocenters. The van der Waals surface area contributed by atoms with Gasteiger partial charge in [-0.15, -0.1) is 11.8 Å². The van der Waals surface area contributed by atoms with Crippen molar-refractivity contribution in [2.75, 3.05) is 5.75 Å². The number of allylic oxidation sites excluding steroid dienone is 1. The second kappa shape index (κ2) is 7.78. The van der Waals surface area contributed by atoms with Crippen LogP contribution in [-0.2, 0) is 4.57 Å². The largest absolute Gasteiger partial charge is 1.00 e. The molecule has 0 aliphatic carbocycles. The molecular formula is C6H11NaO2PS+. The van der Waals surface area contributed by atoms with Crippen molar-refractivity contribution in [3.05, 3.63) is 11.5 Å². The fraction of sp³-hybridized carbons (Fsp3) is 0.667. The third-order valence-corrected chi connectivity index (χ3v) is 3.24. The Kier molecular flexibility index (Phi) is 10.4. The minimum atomic E-state index is -2.33. The van der Waals surface area contributed by atoms with Gasteiger partial charge < -0.3 is 4.89 Å². The van der Waals surface area contributed by atoms with Gasteiger partial charge in [-0.25, -0.2) is 0 Å². The molecule has 0 aromatic heterocycles. The second-order valence-electron chi connectivity index (χ2n) is 1.86. The molecule has 0 saturated heterocycles. The first-order valence-electron chi connectivity index (χ1n) is 3.04. The van der Waals surface area contributed by atoms with E-state index in [9.17, 15) is 9.46 Å². The standard InChI is InChI=1S/C6H11O2PS.Na/c1-4-10-6(3)5(2)9(7)8;/h5H,3-4H2,1-2H3;/q;+1. The molecule has 0 fully saturated rings. The summed E-state index contributed by atoms with van der Waals surface area (Å²) in [6, 6.07) is 0. The van der Waals surface area contributed by atoms with Gasteiger partial charge in [0.1, 0.15) is 0 Å². The van der Waals surface area contributed by atoms with E-state index in [0.717, 1.165) is 10.7 Å². The van der Waals surface area contributed by atoms with Gasteiger partial charge in [-0.2, -0.15) is 0 Å². The molecule has 0 aliphatic rings. The van der Waals surface area contributed by atoms with E-state index in [0.29, 0.717) is 0 Å². The first-order valence-corrected chi connectivity index (χ1v) is 5.28. The van der Waals surface area contributed by atoms with Gasteiger partial charge >= 0.3 is 37.6 Å². The summed E-state index contributed by atoms with van der Waals surface area (Å²) in [7, 11) is -2.33. The number of hydrogen-bond donors (Lipinski definition) is 0. The third kappa shape index (κ3) is 6.32. The molecule has 0 saturated carbocycles. The minimum Gasteiger partial charge on any atom is -0.595 e. The maximum absolute atomic E-state index is 10.4. The Labute approximate surface area is 95.0 Å². The smallest absolute Gasteiger partial charge is 0.595 e. The molecule has 0 N–H and O–H groups in total. The Hall–Kier alpha value is 1.15. The Morgan fingerprint density at radius 3 is 2.55 bits per heavy atom. The molecule has 0 radical (unpaired) electrons. The van der Waals surface area contributed by atoms with Gasteiger partial charge in [0.2, 0.25) is 0 Å². The van der Waals surface area contributed by atoms with E-state index in [1.807, 2.05) is 6.92 Å². The van der Waals surface area contributed by atoms with Crippen LogP contribution >= 0.6 is 19.8 Å². The molecule has 2 atom stereocenters. The van der Waals surface area contributed by atoms with Crippen molar-refractivity contribution in [1.29, 1.82) is 0 Å². The molecular weight excluding hydrogens is 190 g/mol. The molecule has 58 valence electrons. The maximum Gasteiger partial charge on any atom is 1.00 e. The average Bonchev–Trinajstić information content (AvgIpc) is 1.87. The van der Waals surface area contributed by atoms with E-state index in [-0.39, 0.29) is 35.2 Å². The topological polar surface area (TPSA) is 40.1 Å². The summed E-state index contributed by atoms with van der Waals surface area (Å²) in [6.07, 6.45) is 0. The van der Waals surface area contributed by atoms with Crippen LogP contribution in [0.5, 0.6) is 0 Å². The van der Waals surface area contributed by atoms with Crippen LogP contribution in [0.4, 0.5) is 0 Å². The quantitative estimate of drug-likeness (QED) is 0.421. The van der Waals surface area contributed by atoms with E-state index in [1.165, 1.54) is 11.8 Å². The molecule has 0 aliphatic heterocycles. The molecule has 0 rings (SSSR count).